The number of unbranched alkanes of at least 4 members (excludes halogenated alkanes) is 3. The van der Waals surface area contributed by atoms with Gasteiger partial charge in [-0.15, -0.1) is 9.24 Å². The van der Waals surface area contributed by atoms with E-state index in [-0.39, 0.29) is 0 Å². The van der Waals surface area contributed by atoms with E-state index in [1.165, 1.54) is 0 Å². The predicted molar refractivity (Wildman–Crippen MR) is 79.9 cm³/mol. The molecule has 0 aromatic carbocycles. The van der Waals surface area contributed by atoms with Crippen LogP contribution in [0, 0.1) is 0 Å². The van der Waals surface area contributed by atoms with E-state index in [1.54, 1.807) is 0 Å². The Morgan fingerprint density at radius 3 is 1.28 bits per heavy atom. The summed E-state index contributed by atoms with van der Waals surface area (Å²) in [4.78, 5) is 0. The fourth-order valence-electron chi connectivity index (χ4n) is 1.42. The summed E-state index contributed by atoms with van der Waals surface area (Å²) in [5.41, 5.74) is 0. The molecule has 1 atom stereocenters. The molecule has 0 rings (SSSR count). The summed E-state index contributed by atoms with van der Waals surface area (Å²) < 4.78 is 17.5. The van der Waals surface area contributed by atoms with Crippen molar-refractivity contribution >= 4 is 9.24 Å². The van der Waals surface area contributed by atoms with Crippen LogP contribution in [-0.4, -0.2) is 32.0 Å². The zero-order valence-electron chi connectivity index (χ0n) is 12.4. The monoisotopic (exact) mass is 278 g/mol. The van der Waals surface area contributed by atoms with Gasteiger partial charge in [0, 0.05) is 6.16 Å². The summed E-state index contributed by atoms with van der Waals surface area (Å²) in [6.45, 7) is 8.56. The van der Waals surface area contributed by atoms with Crippen molar-refractivity contribution in [1.82, 2.24) is 0 Å². The van der Waals surface area contributed by atoms with Crippen LogP contribution in [0.15, 0.2) is 0 Å². The minimum absolute atomic E-state index is 0.657. The molecule has 0 saturated carbocycles. The molecule has 0 N–H and O–H groups in total. The molecular formula is C14H31O3P. The lowest BCUT2D eigenvalue weighted by atomic mass is 10.3. The molecule has 4 heteroatoms. The van der Waals surface area contributed by atoms with Gasteiger partial charge >= 0.3 is 0 Å². The van der Waals surface area contributed by atoms with Crippen molar-refractivity contribution in [3.63, 3.8) is 0 Å². The average molecular weight is 278 g/mol. The molecule has 0 aromatic rings. The smallest absolute Gasteiger partial charge is 0.286 e. The van der Waals surface area contributed by atoms with E-state index in [0.717, 1.165) is 38.5 Å². The lowest BCUT2D eigenvalue weighted by molar-refractivity contribution is -0.367. The molecule has 3 nitrogen and oxygen atoms in total. The van der Waals surface area contributed by atoms with Crippen LogP contribution in [0.4, 0.5) is 0 Å². The van der Waals surface area contributed by atoms with Crippen LogP contribution >= 0.6 is 9.24 Å². The van der Waals surface area contributed by atoms with E-state index >= 15 is 0 Å². The Kier molecular flexibility index (Phi) is 12.6. The number of rotatable bonds is 13. The fourth-order valence-corrected chi connectivity index (χ4v) is 1.77. The molecule has 18 heavy (non-hydrogen) atoms. The third kappa shape index (κ3) is 8.42. The number of ether oxygens (including phenoxy) is 3. The average Bonchev–Trinajstić information content (AvgIpc) is 2.39. The van der Waals surface area contributed by atoms with Gasteiger partial charge in [0.05, 0.1) is 19.8 Å². The van der Waals surface area contributed by atoms with Crippen LogP contribution in [0.3, 0.4) is 0 Å². The SMILES string of the molecule is CCCCOC(CP)(OCCCC)OCCCC. The summed E-state index contributed by atoms with van der Waals surface area (Å²) in [5, 5.41) is 0. The molecule has 0 bridgehead atoms. The van der Waals surface area contributed by atoms with Crippen molar-refractivity contribution in [3.8, 4) is 0 Å². The Morgan fingerprint density at radius 2 is 1.06 bits per heavy atom. The Morgan fingerprint density at radius 1 is 0.722 bits per heavy atom. The normalized spacial score (nSPS) is 12.0. The van der Waals surface area contributed by atoms with Gasteiger partial charge in [-0.05, 0) is 19.3 Å². The zero-order chi connectivity index (χ0) is 13.7. The maximum Gasteiger partial charge on any atom is 0.286 e. The van der Waals surface area contributed by atoms with E-state index < -0.39 is 5.97 Å². The van der Waals surface area contributed by atoms with Crippen molar-refractivity contribution < 1.29 is 14.2 Å². The van der Waals surface area contributed by atoms with E-state index in [1.807, 2.05) is 0 Å². The van der Waals surface area contributed by atoms with Gasteiger partial charge in [0.2, 0.25) is 0 Å². The molecule has 0 amide bonds. The molecule has 0 heterocycles. The van der Waals surface area contributed by atoms with Crippen LogP contribution in [0.25, 0.3) is 0 Å². The van der Waals surface area contributed by atoms with Gasteiger partial charge in [-0.2, -0.15) is 0 Å². The third-order valence-electron chi connectivity index (χ3n) is 2.71. The van der Waals surface area contributed by atoms with Gasteiger partial charge in [0.25, 0.3) is 5.97 Å². The first-order valence-corrected chi connectivity index (χ1v) is 8.18. The quantitative estimate of drug-likeness (QED) is 0.290. The predicted octanol–water partition coefficient (Wildman–Crippen LogP) is 3.97. The molecular weight excluding hydrogens is 247 g/mol. The fraction of sp³-hybridized carbons (Fsp3) is 1.00. The molecule has 0 spiro atoms. The minimum Gasteiger partial charge on any atom is -0.327 e. The topological polar surface area (TPSA) is 27.7 Å². The maximum atomic E-state index is 5.85. The van der Waals surface area contributed by atoms with Crippen molar-refractivity contribution in [3.05, 3.63) is 0 Å². The van der Waals surface area contributed by atoms with Crippen molar-refractivity contribution in [2.45, 2.75) is 65.3 Å². The van der Waals surface area contributed by atoms with Gasteiger partial charge in [-0.25, -0.2) is 0 Å². The Balaban J connectivity index is 4.20. The molecule has 0 radical (unpaired) electrons. The summed E-state index contributed by atoms with van der Waals surface area (Å²) in [6.07, 6.45) is 7.15. The maximum absolute atomic E-state index is 5.85. The molecule has 0 aliphatic rings. The standard InChI is InChI=1S/C14H31O3P/c1-4-7-10-15-14(13-18,16-11-8-5-2)17-12-9-6-3/h4-13,18H2,1-3H3. The molecule has 1 unspecified atom stereocenters. The molecule has 0 aliphatic heterocycles. The summed E-state index contributed by atoms with van der Waals surface area (Å²) in [7, 11) is 2.68. The van der Waals surface area contributed by atoms with Gasteiger partial charge in [0.1, 0.15) is 0 Å². The molecule has 0 aromatic heterocycles. The van der Waals surface area contributed by atoms with E-state index in [0.29, 0.717) is 26.0 Å². The van der Waals surface area contributed by atoms with Crippen LogP contribution < -0.4 is 0 Å². The highest BCUT2D eigenvalue weighted by Gasteiger charge is 2.31. The Labute approximate surface area is 115 Å². The van der Waals surface area contributed by atoms with E-state index in [4.69, 9.17) is 14.2 Å². The van der Waals surface area contributed by atoms with Crippen LogP contribution in [0.2, 0.25) is 0 Å². The molecule has 0 fully saturated rings. The first-order valence-electron chi connectivity index (χ1n) is 7.36. The second kappa shape index (κ2) is 12.3. The van der Waals surface area contributed by atoms with Crippen molar-refractivity contribution in [2.75, 3.05) is 26.0 Å². The van der Waals surface area contributed by atoms with Crippen LogP contribution in [-0.2, 0) is 14.2 Å². The zero-order valence-corrected chi connectivity index (χ0v) is 13.5. The molecule has 110 valence electrons. The summed E-state index contributed by atoms with van der Waals surface area (Å²) >= 11 is 0. The Bertz CT molecular complexity index is 150. The second-order valence-electron chi connectivity index (χ2n) is 4.49. The van der Waals surface area contributed by atoms with Crippen LogP contribution in [0.1, 0.15) is 59.3 Å². The van der Waals surface area contributed by atoms with Crippen molar-refractivity contribution in [2.24, 2.45) is 0 Å². The first kappa shape index (κ1) is 18.3. The number of hydrogen-bond acceptors (Lipinski definition) is 3. The van der Waals surface area contributed by atoms with Gasteiger partial charge < -0.3 is 14.2 Å². The van der Waals surface area contributed by atoms with E-state index in [9.17, 15) is 0 Å². The van der Waals surface area contributed by atoms with Gasteiger partial charge in [-0.1, -0.05) is 40.0 Å². The van der Waals surface area contributed by atoms with Gasteiger partial charge in [-0.3, -0.25) is 0 Å². The Hall–Kier alpha value is 0.310. The van der Waals surface area contributed by atoms with E-state index in [2.05, 4.69) is 30.0 Å². The largest absolute Gasteiger partial charge is 0.327 e. The summed E-state index contributed by atoms with van der Waals surface area (Å²) in [6, 6.07) is 0. The highest BCUT2D eigenvalue weighted by Crippen LogP contribution is 2.20. The first-order chi connectivity index (χ1) is 8.74. The molecule has 0 aliphatic carbocycles. The lowest BCUT2D eigenvalue weighted by Crippen LogP contribution is -2.42. The second-order valence-corrected chi connectivity index (χ2v) is 4.90. The summed E-state index contributed by atoms with van der Waals surface area (Å²) in [5.74, 6) is -0.843. The highest BCUT2D eigenvalue weighted by molar-refractivity contribution is 7.16. The lowest BCUT2D eigenvalue weighted by Gasteiger charge is -2.32. The van der Waals surface area contributed by atoms with Crippen LogP contribution in [0.5, 0.6) is 0 Å². The number of hydrogen-bond donors (Lipinski definition) is 0. The highest BCUT2D eigenvalue weighted by atomic mass is 31.0. The molecule has 0 saturated heterocycles. The van der Waals surface area contributed by atoms with Gasteiger partial charge in [0.15, 0.2) is 0 Å². The van der Waals surface area contributed by atoms with Crippen molar-refractivity contribution in [1.29, 1.82) is 0 Å². The minimum atomic E-state index is -0.843. The third-order valence-corrected chi connectivity index (χ3v) is 3.21.